The molecule has 10 heteroatoms. The van der Waals surface area contributed by atoms with Crippen LogP contribution in [0.1, 0.15) is 40.5 Å². The molecule has 0 saturated heterocycles. The molecule has 1 unspecified atom stereocenters. The second-order valence-corrected chi connectivity index (χ2v) is 3.85. The van der Waals surface area contributed by atoms with Gasteiger partial charge in [0.05, 0.1) is 26.1 Å². The van der Waals surface area contributed by atoms with Crippen molar-refractivity contribution in [2.45, 2.75) is 46.6 Å². The zero-order valence-corrected chi connectivity index (χ0v) is 14.1. The third kappa shape index (κ3) is 27.7. The Labute approximate surface area is 139 Å². The van der Waals surface area contributed by atoms with Gasteiger partial charge in [0.2, 0.25) is 0 Å². The summed E-state index contributed by atoms with van der Waals surface area (Å²) in [6, 6.07) is 0. The van der Waals surface area contributed by atoms with Crippen LogP contribution in [0.25, 0.3) is 0 Å². The van der Waals surface area contributed by atoms with Gasteiger partial charge < -0.3 is 24.4 Å². The zero-order valence-electron chi connectivity index (χ0n) is 14.1. The van der Waals surface area contributed by atoms with Crippen molar-refractivity contribution in [2.75, 3.05) is 13.2 Å². The van der Waals surface area contributed by atoms with E-state index in [9.17, 15) is 19.2 Å². The first-order chi connectivity index (χ1) is 11.1. The second-order valence-electron chi connectivity index (χ2n) is 3.85. The Kier molecular flexibility index (Phi) is 20.1. The first-order valence-electron chi connectivity index (χ1n) is 6.94. The van der Waals surface area contributed by atoms with Crippen LogP contribution < -0.4 is 0 Å². The minimum atomic E-state index is -1.09. The maximum Gasteiger partial charge on any atom is 0.347 e. The van der Waals surface area contributed by atoms with Gasteiger partial charge in [-0.2, -0.15) is 0 Å². The lowest BCUT2D eigenvalue weighted by Crippen LogP contribution is -2.26. The molecule has 24 heavy (non-hydrogen) atoms. The molecular weight excluding hydrogens is 328 g/mol. The van der Waals surface area contributed by atoms with E-state index in [1.807, 2.05) is 0 Å². The lowest BCUT2D eigenvalue weighted by molar-refractivity contribution is -0.166. The van der Waals surface area contributed by atoms with E-state index in [2.05, 4.69) is 14.2 Å². The first kappa shape index (κ1) is 26.3. The Morgan fingerprint density at radius 1 is 1.04 bits per heavy atom. The van der Waals surface area contributed by atoms with Crippen molar-refractivity contribution in [3.63, 3.8) is 0 Å². The van der Waals surface area contributed by atoms with Crippen LogP contribution in [0.2, 0.25) is 0 Å². The Bertz CT molecular complexity index is 387. The summed E-state index contributed by atoms with van der Waals surface area (Å²) in [7, 11) is 0. The van der Waals surface area contributed by atoms with Crippen molar-refractivity contribution >= 4 is 30.3 Å². The molecule has 140 valence electrons. The number of esters is 2. The quantitative estimate of drug-likeness (QED) is 0.361. The molecule has 10 nitrogen and oxygen atoms in total. The second kappa shape index (κ2) is 18.4. The van der Waals surface area contributed by atoms with Gasteiger partial charge >= 0.3 is 17.9 Å². The summed E-state index contributed by atoms with van der Waals surface area (Å²) in [5.74, 6) is -3.28. The number of carbonyl (C=O) groups is 5. The van der Waals surface area contributed by atoms with E-state index in [0.29, 0.717) is 13.1 Å². The summed E-state index contributed by atoms with van der Waals surface area (Å²) in [4.78, 5) is 50.3. The fourth-order valence-corrected chi connectivity index (χ4v) is 0.841. The number of carboxylic acid groups (broad SMARTS) is 2. The predicted octanol–water partition coefficient (Wildman–Crippen LogP) is 0.616. The van der Waals surface area contributed by atoms with Crippen molar-refractivity contribution < 1.29 is 48.4 Å². The van der Waals surface area contributed by atoms with Gasteiger partial charge in [0.1, 0.15) is 0 Å². The summed E-state index contributed by atoms with van der Waals surface area (Å²) in [6.45, 7) is 6.96. The van der Waals surface area contributed by atoms with Crippen LogP contribution >= 0.6 is 0 Å². The number of hydrogen-bond acceptors (Lipinski definition) is 8. The van der Waals surface area contributed by atoms with Crippen LogP contribution in [0, 0.1) is 0 Å². The molecular formula is C14H24O10. The lowest BCUT2D eigenvalue weighted by atomic mass is 10.3. The van der Waals surface area contributed by atoms with Crippen LogP contribution in [-0.4, -0.2) is 59.9 Å². The summed E-state index contributed by atoms with van der Waals surface area (Å²) in [6.07, 6.45) is -1.56. The van der Waals surface area contributed by atoms with Crippen molar-refractivity contribution in [1.82, 2.24) is 0 Å². The molecule has 1 atom stereocenters. The summed E-state index contributed by atoms with van der Waals surface area (Å²) in [5, 5.41) is 15.7. The third-order valence-corrected chi connectivity index (χ3v) is 1.70. The number of aliphatic carboxylic acids is 2. The number of carbonyl (C=O) groups excluding carboxylic acids is 3. The standard InChI is InChI=1S/C9H14O6.C3H6O2.C2H4O2/c1-3-14-9(13)6(2)15-8(12)5-4-7(10)11;1-2-5-3-4;1-2(3)4/h6H,3-5H2,1-2H3,(H,10,11);3H,2H2,1H3;1H3,(H,3,4). The summed E-state index contributed by atoms with van der Waals surface area (Å²) in [5.41, 5.74) is 0. The fourth-order valence-electron chi connectivity index (χ4n) is 0.841. The van der Waals surface area contributed by atoms with Crippen LogP contribution in [0.15, 0.2) is 0 Å². The molecule has 0 spiro atoms. The van der Waals surface area contributed by atoms with Gasteiger partial charge in [0.15, 0.2) is 6.10 Å². The van der Waals surface area contributed by atoms with E-state index in [1.165, 1.54) is 6.92 Å². The summed E-state index contributed by atoms with van der Waals surface area (Å²) >= 11 is 0. The van der Waals surface area contributed by atoms with Crippen LogP contribution in [0.3, 0.4) is 0 Å². The van der Waals surface area contributed by atoms with Gasteiger partial charge in [-0.05, 0) is 20.8 Å². The highest BCUT2D eigenvalue weighted by molar-refractivity contribution is 5.81. The molecule has 0 aliphatic heterocycles. The minimum Gasteiger partial charge on any atom is -0.481 e. The maximum atomic E-state index is 11.0. The Hall–Kier alpha value is -2.65. The van der Waals surface area contributed by atoms with Gasteiger partial charge in [0.25, 0.3) is 12.4 Å². The van der Waals surface area contributed by atoms with Crippen LogP contribution in [0.5, 0.6) is 0 Å². The molecule has 0 aromatic heterocycles. The zero-order chi connectivity index (χ0) is 19.5. The molecule has 0 saturated carbocycles. The van der Waals surface area contributed by atoms with Crippen LogP contribution in [-0.2, 0) is 38.2 Å². The predicted molar refractivity (Wildman–Crippen MR) is 80.1 cm³/mol. The molecule has 0 aliphatic rings. The largest absolute Gasteiger partial charge is 0.481 e. The molecule has 0 radical (unpaired) electrons. The fraction of sp³-hybridized carbons (Fsp3) is 0.643. The third-order valence-electron chi connectivity index (χ3n) is 1.70. The maximum absolute atomic E-state index is 11.0. The molecule has 2 N–H and O–H groups in total. The van der Waals surface area contributed by atoms with Crippen molar-refractivity contribution in [3.05, 3.63) is 0 Å². The van der Waals surface area contributed by atoms with Gasteiger partial charge in [-0.25, -0.2) is 4.79 Å². The minimum absolute atomic E-state index is 0.204. The van der Waals surface area contributed by atoms with Gasteiger partial charge in [-0.1, -0.05) is 0 Å². The molecule has 0 fully saturated rings. The van der Waals surface area contributed by atoms with E-state index in [4.69, 9.17) is 15.0 Å². The molecule has 0 amide bonds. The van der Waals surface area contributed by atoms with Crippen molar-refractivity contribution in [2.24, 2.45) is 0 Å². The number of hydrogen-bond donors (Lipinski definition) is 2. The van der Waals surface area contributed by atoms with Gasteiger partial charge in [-0.3, -0.25) is 19.2 Å². The van der Waals surface area contributed by atoms with Crippen molar-refractivity contribution in [3.8, 4) is 0 Å². The molecule has 0 bridgehead atoms. The smallest absolute Gasteiger partial charge is 0.347 e. The van der Waals surface area contributed by atoms with Gasteiger partial charge in [0, 0.05) is 6.92 Å². The molecule has 0 aromatic rings. The monoisotopic (exact) mass is 352 g/mol. The average molecular weight is 352 g/mol. The Balaban J connectivity index is -0.000000402. The number of ether oxygens (including phenoxy) is 3. The van der Waals surface area contributed by atoms with E-state index in [0.717, 1.165) is 6.92 Å². The molecule has 0 heterocycles. The van der Waals surface area contributed by atoms with Crippen LogP contribution in [0.4, 0.5) is 0 Å². The Morgan fingerprint density at radius 2 is 1.54 bits per heavy atom. The topological polar surface area (TPSA) is 154 Å². The molecule has 0 aromatic carbocycles. The average Bonchev–Trinajstić information content (AvgIpc) is 2.46. The number of carboxylic acids is 2. The summed E-state index contributed by atoms with van der Waals surface area (Å²) < 4.78 is 13.4. The Morgan fingerprint density at radius 3 is 1.83 bits per heavy atom. The van der Waals surface area contributed by atoms with Crippen molar-refractivity contribution in [1.29, 1.82) is 0 Å². The van der Waals surface area contributed by atoms with Gasteiger partial charge in [-0.15, -0.1) is 0 Å². The normalized spacial score (nSPS) is 9.67. The number of rotatable bonds is 8. The van der Waals surface area contributed by atoms with E-state index in [1.54, 1.807) is 13.8 Å². The lowest BCUT2D eigenvalue weighted by Gasteiger charge is -2.11. The van der Waals surface area contributed by atoms with E-state index < -0.39 is 30.0 Å². The first-order valence-corrected chi connectivity index (χ1v) is 6.94. The highest BCUT2D eigenvalue weighted by Gasteiger charge is 2.18. The van der Waals surface area contributed by atoms with E-state index in [-0.39, 0.29) is 19.4 Å². The highest BCUT2D eigenvalue weighted by atomic mass is 16.6. The van der Waals surface area contributed by atoms with E-state index >= 15 is 0 Å². The SMILES string of the molecule is CC(=O)O.CCOC(=O)C(C)OC(=O)CCC(=O)O.CCOC=O. The molecule has 0 aliphatic carbocycles. The molecule has 0 rings (SSSR count). The highest BCUT2D eigenvalue weighted by Crippen LogP contribution is 2.00.